The Kier molecular flexibility index (Phi) is 8.26. The van der Waals surface area contributed by atoms with Crippen LogP contribution in [0.15, 0.2) is 18.2 Å². The van der Waals surface area contributed by atoms with E-state index >= 15 is 0 Å². The molecule has 0 fully saturated rings. The number of aromatic nitrogens is 2. The van der Waals surface area contributed by atoms with Gasteiger partial charge in [-0.15, -0.1) is 24.8 Å². The summed E-state index contributed by atoms with van der Waals surface area (Å²) in [6.45, 7) is 3.93. The van der Waals surface area contributed by atoms with Crippen LogP contribution in [-0.4, -0.2) is 15.8 Å². The van der Waals surface area contributed by atoms with Crippen molar-refractivity contribution in [2.75, 3.05) is 5.32 Å². The zero-order valence-electron chi connectivity index (χ0n) is 11.8. The minimum absolute atomic E-state index is 0. The van der Waals surface area contributed by atoms with Crippen LogP contribution in [0.1, 0.15) is 38.9 Å². The Morgan fingerprint density at radius 1 is 1.30 bits per heavy atom. The fourth-order valence-electron chi connectivity index (χ4n) is 2.02. The molecule has 0 aliphatic rings. The lowest BCUT2D eigenvalue weighted by molar-refractivity contribution is 0.700. The molecule has 2 rings (SSSR count). The van der Waals surface area contributed by atoms with Crippen molar-refractivity contribution in [3.05, 3.63) is 24.0 Å². The monoisotopic (exact) mass is 316 g/mol. The molecule has 112 valence electrons. The molecule has 0 unspecified atom stereocenters. The third kappa shape index (κ3) is 5.02. The lowest BCUT2D eigenvalue weighted by Crippen LogP contribution is -2.04. The maximum absolute atomic E-state index is 7.42. The molecule has 3 N–H and O–H groups in total. The molecule has 0 saturated carbocycles. The summed E-state index contributed by atoms with van der Waals surface area (Å²) in [5, 5.41) is 10.4. The summed E-state index contributed by atoms with van der Waals surface area (Å²) in [4.78, 5) is 7.91. The number of hydrogen-bond acceptors (Lipinski definition) is 2. The molecule has 0 bridgehead atoms. The lowest BCUT2D eigenvalue weighted by atomic mass is 10.2. The fourth-order valence-corrected chi connectivity index (χ4v) is 2.02. The molecule has 0 amide bonds. The topological polar surface area (TPSA) is 64.6 Å². The number of hydrogen-bond donors (Lipinski definition) is 3. The number of imidazole rings is 1. The highest BCUT2D eigenvalue weighted by Gasteiger charge is 2.03. The van der Waals surface area contributed by atoms with E-state index in [2.05, 4.69) is 22.2 Å². The first-order valence-corrected chi connectivity index (χ1v) is 6.50. The van der Waals surface area contributed by atoms with Gasteiger partial charge in [0.05, 0.1) is 16.9 Å². The minimum atomic E-state index is 0. The van der Waals surface area contributed by atoms with E-state index in [0.29, 0.717) is 5.84 Å². The molecule has 2 aromatic rings. The van der Waals surface area contributed by atoms with Crippen molar-refractivity contribution in [3.8, 4) is 0 Å². The van der Waals surface area contributed by atoms with E-state index in [-0.39, 0.29) is 24.8 Å². The van der Waals surface area contributed by atoms with Gasteiger partial charge >= 0.3 is 0 Å². The first kappa shape index (κ1) is 18.7. The maximum atomic E-state index is 7.42. The van der Waals surface area contributed by atoms with Crippen LogP contribution in [0.25, 0.3) is 11.0 Å². The van der Waals surface area contributed by atoms with Crippen molar-refractivity contribution in [2.24, 2.45) is 0 Å². The minimum Gasteiger partial charge on any atom is -0.344 e. The van der Waals surface area contributed by atoms with E-state index in [9.17, 15) is 0 Å². The van der Waals surface area contributed by atoms with Gasteiger partial charge in [-0.3, -0.25) is 5.41 Å². The van der Waals surface area contributed by atoms with Gasteiger partial charge in [-0.2, -0.15) is 0 Å². The summed E-state index contributed by atoms with van der Waals surface area (Å²) in [5.74, 6) is 1.50. The number of rotatable bonds is 5. The van der Waals surface area contributed by atoms with E-state index in [1.54, 1.807) is 6.92 Å². The van der Waals surface area contributed by atoms with Gasteiger partial charge in [0.25, 0.3) is 0 Å². The molecule has 20 heavy (non-hydrogen) atoms. The molecular weight excluding hydrogens is 295 g/mol. The maximum Gasteiger partial charge on any atom is 0.107 e. The van der Waals surface area contributed by atoms with E-state index in [4.69, 9.17) is 5.41 Å². The van der Waals surface area contributed by atoms with Crippen LogP contribution < -0.4 is 5.32 Å². The molecular formula is C14H22Cl2N4. The van der Waals surface area contributed by atoms with Crippen LogP contribution in [0.2, 0.25) is 0 Å². The average molecular weight is 317 g/mol. The molecule has 1 aromatic heterocycles. The summed E-state index contributed by atoms with van der Waals surface area (Å²) in [6, 6.07) is 5.95. The molecule has 1 aromatic carbocycles. The quantitative estimate of drug-likeness (QED) is 0.430. The number of benzene rings is 1. The van der Waals surface area contributed by atoms with Gasteiger partial charge in [0.1, 0.15) is 5.82 Å². The van der Waals surface area contributed by atoms with E-state index in [1.165, 1.54) is 19.3 Å². The Balaban J connectivity index is 0.00000180. The highest BCUT2D eigenvalue weighted by molar-refractivity contribution is 5.93. The largest absolute Gasteiger partial charge is 0.344 e. The Hall–Kier alpha value is -1.26. The zero-order valence-corrected chi connectivity index (χ0v) is 13.5. The number of amidine groups is 1. The number of unbranched alkanes of at least 4 members (excludes halogenated alkanes) is 2. The molecule has 0 radical (unpaired) electrons. The Morgan fingerprint density at radius 2 is 2.05 bits per heavy atom. The van der Waals surface area contributed by atoms with Gasteiger partial charge in [-0.1, -0.05) is 19.8 Å². The second-order valence-electron chi connectivity index (χ2n) is 4.62. The van der Waals surface area contributed by atoms with Crippen LogP contribution in [0.4, 0.5) is 5.69 Å². The zero-order chi connectivity index (χ0) is 13.0. The number of anilines is 1. The molecule has 0 aliphatic heterocycles. The molecule has 6 heteroatoms. The van der Waals surface area contributed by atoms with Crippen molar-refractivity contribution in [1.82, 2.24) is 9.97 Å². The summed E-state index contributed by atoms with van der Waals surface area (Å²) in [6.07, 6.45) is 4.67. The van der Waals surface area contributed by atoms with E-state index < -0.39 is 0 Å². The molecule has 0 atom stereocenters. The van der Waals surface area contributed by atoms with Crippen molar-refractivity contribution >= 4 is 47.4 Å². The van der Waals surface area contributed by atoms with Crippen LogP contribution >= 0.6 is 24.8 Å². The number of nitrogens with one attached hydrogen (secondary N) is 3. The number of halogens is 2. The van der Waals surface area contributed by atoms with Gasteiger partial charge in [0.15, 0.2) is 0 Å². The van der Waals surface area contributed by atoms with Crippen molar-refractivity contribution in [3.63, 3.8) is 0 Å². The predicted molar refractivity (Wildman–Crippen MR) is 90.8 cm³/mol. The van der Waals surface area contributed by atoms with Gasteiger partial charge in [0.2, 0.25) is 0 Å². The molecule has 4 nitrogen and oxygen atoms in total. The van der Waals surface area contributed by atoms with Crippen LogP contribution in [0.3, 0.4) is 0 Å². The lowest BCUT2D eigenvalue weighted by Gasteiger charge is -2.02. The molecule has 0 spiro atoms. The van der Waals surface area contributed by atoms with Crippen LogP contribution in [0, 0.1) is 5.41 Å². The van der Waals surface area contributed by atoms with Gasteiger partial charge in [-0.05, 0) is 31.5 Å². The van der Waals surface area contributed by atoms with Crippen molar-refractivity contribution in [1.29, 1.82) is 5.41 Å². The summed E-state index contributed by atoms with van der Waals surface area (Å²) < 4.78 is 0. The second kappa shape index (κ2) is 8.82. The first-order valence-electron chi connectivity index (χ1n) is 6.50. The number of aromatic amines is 1. The van der Waals surface area contributed by atoms with Crippen molar-refractivity contribution < 1.29 is 0 Å². The summed E-state index contributed by atoms with van der Waals surface area (Å²) >= 11 is 0. The fraction of sp³-hybridized carbons (Fsp3) is 0.429. The second-order valence-corrected chi connectivity index (χ2v) is 4.62. The number of nitrogens with zero attached hydrogens (tertiary/aromatic N) is 1. The standard InChI is InChI=1S/C14H20N4.2ClH/c1-3-4-5-6-14-17-12-8-7-11(16-10(2)15)9-13(12)18-14;;/h7-9H,3-6H2,1-2H3,(H2,15,16)(H,17,18);2*1H. The third-order valence-electron chi connectivity index (χ3n) is 2.88. The molecule has 0 aliphatic carbocycles. The summed E-state index contributed by atoms with van der Waals surface area (Å²) in [5.41, 5.74) is 2.96. The van der Waals surface area contributed by atoms with Gasteiger partial charge < -0.3 is 10.3 Å². The van der Waals surface area contributed by atoms with Crippen LogP contribution in [0.5, 0.6) is 0 Å². The van der Waals surface area contributed by atoms with E-state index in [1.807, 2.05) is 18.2 Å². The first-order chi connectivity index (χ1) is 8.69. The average Bonchev–Trinajstić information content (AvgIpc) is 2.70. The van der Waals surface area contributed by atoms with Gasteiger partial charge in [-0.25, -0.2) is 4.98 Å². The summed E-state index contributed by atoms with van der Waals surface area (Å²) in [7, 11) is 0. The molecule has 0 saturated heterocycles. The highest BCUT2D eigenvalue weighted by Crippen LogP contribution is 2.18. The normalized spacial score (nSPS) is 9.70. The number of fused-ring (bicyclic) bond motifs is 1. The Morgan fingerprint density at radius 3 is 2.70 bits per heavy atom. The van der Waals surface area contributed by atoms with Gasteiger partial charge in [0, 0.05) is 12.1 Å². The van der Waals surface area contributed by atoms with E-state index in [0.717, 1.165) is 29.0 Å². The van der Waals surface area contributed by atoms with Crippen LogP contribution in [-0.2, 0) is 6.42 Å². The Labute approximate surface area is 132 Å². The molecule has 1 heterocycles. The predicted octanol–water partition coefficient (Wildman–Crippen LogP) is 4.55. The Bertz CT molecular complexity index is 551. The smallest absolute Gasteiger partial charge is 0.107 e. The van der Waals surface area contributed by atoms with Crippen molar-refractivity contribution in [2.45, 2.75) is 39.5 Å². The SMILES string of the molecule is CCCCCc1nc2ccc(NC(C)=N)cc2[nH]1.Cl.Cl. The number of aryl methyl sites for hydroxylation is 1. The highest BCUT2D eigenvalue weighted by atomic mass is 35.5. The third-order valence-corrected chi connectivity index (χ3v) is 2.88. The number of H-pyrrole nitrogens is 1.